The molecule has 0 saturated carbocycles. The molecule has 1 N–H and O–H groups in total. The molecule has 0 aromatic heterocycles. The lowest BCUT2D eigenvalue weighted by molar-refractivity contribution is 0.0806. The highest BCUT2D eigenvalue weighted by molar-refractivity contribution is 6.42. The van der Waals surface area contributed by atoms with Crippen LogP contribution in [0.5, 0.6) is 0 Å². The summed E-state index contributed by atoms with van der Waals surface area (Å²) in [5.41, 5.74) is 2.56. The molecule has 0 spiro atoms. The second kappa shape index (κ2) is 5.44. The molecule has 1 aromatic carbocycles. The highest BCUT2D eigenvalue weighted by Crippen LogP contribution is 2.23. The highest BCUT2D eigenvalue weighted by atomic mass is 35.5. The summed E-state index contributed by atoms with van der Waals surface area (Å²) in [6.07, 6.45) is 0. The lowest BCUT2D eigenvalue weighted by Crippen LogP contribution is -2.46. The van der Waals surface area contributed by atoms with Gasteiger partial charge in [-0.05, 0) is 39.0 Å². The van der Waals surface area contributed by atoms with Gasteiger partial charge >= 0.3 is 0 Å². The van der Waals surface area contributed by atoms with Gasteiger partial charge in [-0.1, -0.05) is 23.2 Å². The minimum Gasteiger partial charge on any atom is -0.270 e. The van der Waals surface area contributed by atoms with E-state index in [-0.39, 0.29) is 11.4 Å². The Morgan fingerprint density at radius 2 is 1.82 bits per heavy atom. The fourth-order valence-corrected chi connectivity index (χ4v) is 1.33. The number of amides is 1. The fourth-order valence-electron chi connectivity index (χ4n) is 0.959. The van der Waals surface area contributed by atoms with Gasteiger partial charge in [0.2, 0.25) is 0 Å². The van der Waals surface area contributed by atoms with Gasteiger partial charge in [-0.2, -0.15) is 0 Å². The molecule has 0 aliphatic carbocycles. The van der Waals surface area contributed by atoms with Crippen molar-refractivity contribution in [2.24, 2.45) is 0 Å². The van der Waals surface area contributed by atoms with Gasteiger partial charge in [0.25, 0.3) is 5.91 Å². The predicted molar refractivity (Wildman–Crippen MR) is 71.4 cm³/mol. The van der Waals surface area contributed by atoms with Gasteiger partial charge in [0.15, 0.2) is 0 Å². The summed E-state index contributed by atoms with van der Waals surface area (Å²) in [6.45, 7) is 5.61. The molecule has 1 aromatic rings. The average molecular weight is 296 g/mol. The molecule has 6 heteroatoms. The molecular formula is C11H13Cl3N2O. The standard InChI is InChI=1S/C11H13Cl3N2O/c1-11(2,3)16(14)15-10(17)7-4-5-8(12)9(13)6-7/h4-6H,1-3H3,(H,15,17). The summed E-state index contributed by atoms with van der Waals surface area (Å²) in [5.74, 6) is -0.339. The van der Waals surface area contributed by atoms with Crippen LogP contribution in [0.1, 0.15) is 31.1 Å². The zero-order valence-corrected chi connectivity index (χ0v) is 12.0. The molecule has 17 heavy (non-hydrogen) atoms. The fraction of sp³-hybridized carbons (Fsp3) is 0.364. The maximum Gasteiger partial charge on any atom is 0.266 e. The van der Waals surface area contributed by atoms with Crippen LogP contribution in [-0.4, -0.2) is 16.0 Å². The third-order valence-electron chi connectivity index (χ3n) is 1.97. The first-order chi connectivity index (χ1) is 7.71. The van der Waals surface area contributed by atoms with E-state index in [2.05, 4.69) is 5.43 Å². The molecule has 0 radical (unpaired) electrons. The van der Waals surface area contributed by atoms with Crippen molar-refractivity contribution >= 4 is 40.9 Å². The Balaban J connectivity index is 2.80. The molecule has 0 fully saturated rings. The summed E-state index contributed by atoms with van der Waals surface area (Å²) >= 11 is 17.5. The lowest BCUT2D eigenvalue weighted by Gasteiger charge is -2.28. The topological polar surface area (TPSA) is 32.3 Å². The van der Waals surface area contributed by atoms with Crippen molar-refractivity contribution in [3.8, 4) is 0 Å². The number of hydrogen-bond donors (Lipinski definition) is 1. The number of nitrogens with one attached hydrogen (secondary N) is 1. The molecule has 0 unspecified atom stereocenters. The summed E-state index contributed by atoms with van der Waals surface area (Å²) in [6, 6.07) is 4.64. The third kappa shape index (κ3) is 4.03. The maximum absolute atomic E-state index is 11.8. The molecule has 0 heterocycles. The Morgan fingerprint density at radius 3 is 2.29 bits per heavy atom. The van der Waals surface area contributed by atoms with Crippen LogP contribution in [0.4, 0.5) is 0 Å². The monoisotopic (exact) mass is 294 g/mol. The second-order valence-corrected chi connectivity index (χ2v) is 5.67. The number of hydrogen-bond acceptors (Lipinski definition) is 2. The number of carbonyl (C=O) groups excluding carboxylic acids is 1. The lowest BCUT2D eigenvalue weighted by atomic mass is 10.1. The van der Waals surface area contributed by atoms with E-state index in [1.54, 1.807) is 12.1 Å². The van der Waals surface area contributed by atoms with E-state index in [0.717, 1.165) is 0 Å². The Hall–Kier alpha value is -0.480. The van der Waals surface area contributed by atoms with Crippen LogP contribution >= 0.6 is 35.0 Å². The van der Waals surface area contributed by atoms with Crippen molar-refractivity contribution in [2.45, 2.75) is 26.3 Å². The predicted octanol–water partition coefficient (Wildman–Crippen LogP) is 3.89. The number of nitrogens with zero attached hydrogens (tertiary/aromatic N) is 1. The molecule has 0 bridgehead atoms. The summed E-state index contributed by atoms with van der Waals surface area (Å²) < 4.78 is 1.22. The molecule has 0 saturated heterocycles. The minimum atomic E-state index is -0.382. The van der Waals surface area contributed by atoms with Gasteiger partial charge < -0.3 is 0 Å². The first-order valence-corrected chi connectivity index (χ1v) is 6.03. The first-order valence-electron chi connectivity index (χ1n) is 4.94. The van der Waals surface area contributed by atoms with Crippen molar-refractivity contribution in [3.05, 3.63) is 33.8 Å². The van der Waals surface area contributed by atoms with E-state index in [1.165, 1.54) is 10.6 Å². The number of carbonyl (C=O) groups is 1. The molecule has 0 aliphatic heterocycles. The number of rotatable bonds is 2. The van der Waals surface area contributed by atoms with Gasteiger partial charge in [-0.15, -0.1) is 4.53 Å². The summed E-state index contributed by atoms with van der Waals surface area (Å²) in [5, 5.41) is 0.734. The Bertz CT molecular complexity index is 429. The Morgan fingerprint density at radius 1 is 1.24 bits per heavy atom. The van der Waals surface area contributed by atoms with Crippen LogP contribution in [0.2, 0.25) is 10.0 Å². The van der Waals surface area contributed by atoms with Crippen LogP contribution < -0.4 is 5.43 Å². The van der Waals surface area contributed by atoms with E-state index < -0.39 is 0 Å². The number of hydrazine groups is 1. The first kappa shape index (κ1) is 14.6. The van der Waals surface area contributed by atoms with Crippen molar-refractivity contribution < 1.29 is 4.79 Å². The van der Waals surface area contributed by atoms with Crippen molar-refractivity contribution in [2.75, 3.05) is 0 Å². The van der Waals surface area contributed by atoms with Gasteiger partial charge in [0, 0.05) is 22.9 Å². The van der Waals surface area contributed by atoms with Crippen molar-refractivity contribution in [1.29, 1.82) is 0 Å². The van der Waals surface area contributed by atoms with Gasteiger partial charge in [-0.25, -0.2) is 0 Å². The zero-order chi connectivity index (χ0) is 13.2. The van der Waals surface area contributed by atoms with E-state index in [0.29, 0.717) is 15.6 Å². The van der Waals surface area contributed by atoms with Crippen LogP contribution in [0.15, 0.2) is 18.2 Å². The van der Waals surface area contributed by atoms with E-state index in [9.17, 15) is 4.79 Å². The number of halogens is 3. The smallest absolute Gasteiger partial charge is 0.266 e. The molecule has 1 rings (SSSR count). The second-order valence-electron chi connectivity index (χ2n) is 4.52. The largest absolute Gasteiger partial charge is 0.270 e. The average Bonchev–Trinajstić information content (AvgIpc) is 2.20. The Labute approximate surface area is 116 Å². The summed E-state index contributed by atoms with van der Waals surface area (Å²) in [7, 11) is 0. The van der Waals surface area contributed by atoms with Gasteiger partial charge in [0.1, 0.15) is 0 Å². The van der Waals surface area contributed by atoms with E-state index in [4.69, 9.17) is 35.0 Å². The molecule has 0 aliphatic rings. The van der Waals surface area contributed by atoms with Crippen LogP contribution in [0.3, 0.4) is 0 Å². The van der Waals surface area contributed by atoms with E-state index in [1.807, 2.05) is 20.8 Å². The number of benzene rings is 1. The van der Waals surface area contributed by atoms with E-state index >= 15 is 0 Å². The molecule has 94 valence electrons. The maximum atomic E-state index is 11.8. The van der Waals surface area contributed by atoms with Crippen LogP contribution in [-0.2, 0) is 0 Å². The molecular weight excluding hydrogens is 282 g/mol. The van der Waals surface area contributed by atoms with Gasteiger partial charge in [-0.3, -0.25) is 10.2 Å². The highest BCUT2D eigenvalue weighted by Gasteiger charge is 2.22. The van der Waals surface area contributed by atoms with Crippen LogP contribution in [0.25, 0.3) is 0 Å². The van der Waals surface area contributed by atoms with Crippen LogP contribution in [0, 0.1) is 0 Å². The normalized spacial score (nSPS) is 11.7. The Kier molecular flexibility index (Phi) is 4.67. The minimum absolute atomic E-state index is 0.330. The van der Waals surface area contributed by atoms with Gasteiger partial charge in [0.05, 0.1) is 10.0 Å². The van der Waals surface area contributed by atoms with Crippen molar-refractivity contribution in [1.82, 2.24) is 9.95 Å². The molecule has 1 amide bonds. The quantitative estimate of drug-likeness (QED) is 0.663. The SMILES string of the molecule is CC(C)(C)N(Cl)NC(=O)c1ccc(Cl)c(Cl)c1. The molecule has 0 atom stereocenters. The van der Waals surface area contributed by atoms with Crippen molar-refractivity contribution in [3.63, 3.8) is 0 Å². The third-order valence-corrected chi connectivity index (χ3v) is 3.30. The molecule has 3 nitrogen and oxygen atoms in total. The zero-order valence-electron chi connectivity index (χ0n) is 9.72. The summed E-state index contributed by atoms with van der Waals surface area (Å²) in [4.78, 5) is 11.8.